The number of aromatic carboxylic acids is 1. The van der Waals surface area contributed by atoms with Crippen molar-refractivity contribution in [2.75, 3.05) is 4.72 Å². The molecule has 0 spiro atoms. The van der Waals surface area contributed by atoms with Crippen molar-refractivity contribution in [3.05, 3.63) is 95.1 Å². The topological polar surface area (TPSA) is 83.5 Å². The molecular weight excluding hydrogens is 443 g/mol. The van der Waals surface area contributed by atoms with Crippen molar-refractivity contribution in [3.8, 4) is 0 Å². The molecule has 0 aliphatic rings. The van der Waals surface area contributed by atoms with Gasteiger partial charge in [0, 0.05) is 0 Å². The van der Waals surface area contributed by atoms with Crippen molar-refractivity contribution in [1.82, 2.24) is 0 Å². The quantitative estimate of drug-likeness (QED) is 0.470. The number of carboxylic acids is 1. The molecule has 0 bridgehead atoms. The van der Waals surface area contributed by atoms with Crippen molar-refractivity contribution in [2.45, 2.75) is 30.3 Å². The maximum absolute atomic E-state index is 13.3. The highest BCUT2D eigenvalue weighted by molar-refractivity contribution is 7.92. The lowest BCUT2D eigenvalue weighted by Crippen LogP contribution is -2.19. The van der Waals surface area contributed by atoms with Crippen LogP contribution in [0.1, 0.15) is 33.5 Å². The number of para-hydroxylation sites is 1. The molecule has 32 heavy (non-hydrogen) atoms. The first kappa shape index (κ1) is 23.3. The Kier molecular flexibility index (Phi) is 6.88. The smallest absolute Gasteiger partial charge is 0.417 e. The average Bonchev–Trinajstić information content (AvgIpc) is 2.74. The second-order valence-electron chi connectivity index (χ2n) is 7.07. The lowest BCUT2D eigenvalue weighted by molar-refractivity contribution is -0.139. The van der Waals surface area contributed by atoms with Gasteiger partial charge in [-0.1, -0.05) is 48.5 Å². The maximum atomic E-state index is 13.3. The average molecular weight is 463 g/mol. The number of aryl methyl sites for hydroxylation is 2. The number of rotatable bonds is 8. The second kappa shape index (κ2) is 9.44. The Hall–Kier alpha value is -3.33. The van der Waals surface area contributed by atoms with E-state index in [0.29, 0.717) is 30.4 Å². The number of anilines is 1. The monoisotopic (exact) mass is 463 g/mol. The maximum Gasteiger partial charge on any atom is 0.417 e. The summed E-state index contributed by atoms with van der Waals surface area (Å²) in [6, 6.07) is 17.0. The lowest BCUT2D eigenvalue weighted by atomic mass is 9.99. The Bertz CT molecular complexity index is 1220. The third kappa shape index (κ3) is 5.47. The van der Waals surface area contributed by atoms with Gasteiger partial charge in [-0.3, -0.25) is 4.72 Å². The number of nitrogens with one attached hydrogen (secondary N) is 1. The molecule has 0 aliphatic carbocycles. The fraction of sp³-hybridized carbons (Fsp3) is 0.174. The molecule has 0 radical (unpaired) electrons. The van der Waals surface area contributed by atoms with Crippen molar-refractivity contribution in [1.29, 1.82) is 0 Å². The van der Waals surface area contributed by atoms with Crippen LogP contribution in [0, 0.1) is 0 Å². The molecule has 0 fully saturated rings. The molecule has 3 aromatic carbocycles. The molecule has 0 aromatic heterocycles. The van der Waals surface area contributed by atoms with Gasteiger partial charge in [-0.2, -0.15) is 13.2 Å². The SMILES string of the molecule is O=C(O)c1ccccc1CCCc1ccccc1NS(=O)(=O)c1ccccc1C(F)(F)F. The Morgan fingerprint density at radius 3 is 2.09 bits per heavy atom. The molecular formula is C23H20F3NO4S. The molecule has 3 rings (SSSR count). The van der Waals surface area contributed by atoms with Gasteiger partial charge in [-0.05, 0) is 54.7 Å². The highest BCUT2D eigenvalue weighted by Gasteiger charge is 2.37. The number of halogens is 3. The third-order valence-electron chi connectivity index (χ3n) is 4.88. The number of benzene rings is 3. The van der Waals surface area contributed by atoms with E-state index in [1.807, 2.05) is 0 Å². The van der Waals surface area contributed by atoms with Crippen LogP contribution in [-0.4, -0.2) is 19.5 Å². The second-order valence-corrected chi connectivity index (χ2v) is 8.72. The Morgan fingerprint density at radius 2 is 1.41 bits per heavy atom. The Labute approximate surface area is 183 Å². The summed E-state index contributed by atoms with van der Waals surface area (Å²) in [5.41, 5.74) is 0.377. The van der Waals surface area contributed by atoms with Gasteiger partial charge in [0.2, 0.25) is 0 Å². The summed E-state index contributed by atoms with van der Waals surface area (Å²) >= 11 is 0. The number of carbonyl (C=O) groups is 1. The standard InChI is InChI=1S/C23H20F3NO4S/c24-23(25,26)19-13-4-6-15-21(19)32(30,31)27-20-14-5-2-9-17(20)11-7-10-16-8-1-3-12-18(16)22(28)29/h1-6,8-9,12-15,27H,7,10-11H2,(H,28,29). The van der Waals surface area contributed by atoms with Gasteiger partial charge < -0.3 is 5.11 Å². The minimum atomic E-state index is -4.82. The van der Waals surface area contributed by atoms with Crippen LogP contribution in [0.4, 0.5) is 18.9 Å². The van der Waals surface area contributed by atoms with E-state index < -0.39 is 32.6 Å². The van der Waals surface area contributed by atoms with E-state index in [-0.39, 0.29) is 11.3 Å². The number of carboxylic acid groups (broad SMARTS) is 1. The zero-order chi connectivity index (χ0) is 23.4. The first-order valence-electron chi connectivity index (χ1n) is 9.68. The summed E-state index contributed by atoms with van der Waals surface area (Å²) < 4.78 is 67.6. The predicted molar refractivity (Wildman–Crippen MR) is 114 cm³/mol. The van der Waals surface area contributed by atoms with Crippen LogP contribution >= 0.6 is 0 Å². The summed E-state index contributed by atoms with van der Waals surface area (Å²) in [6.45, 7) is 0. The molecule has 5 nitrogen and oxygen atoms in total. The van der Waals surface area contributed by atoms with Gasteiger partial charge in [0.25, 0.3) is 10.0 Å². The van der Waals surface area contributed by atoms with E-state index >= 15 is 0 Å². The van der Waals surface area contributed by atoms with E-state index in [1.165, 1.54) is 18.2 Å². The molecule has 9 heteroatoms. The van der Waals surface area contributed by atoms with Crippen LogP contribution in [0.25, 0.3) is 0 Å². The van der Waals surface area contributed by atoms with Crippen LogP contribution in [0.2, 0.25) is 0 Å². The summed E-state index contributed by atoms with van der Waals surface area (Å²) in [5.74, 6) is -1.03. The van der Waals surface area contributed by atoms with Gasteiger partial charge >= 0.3 is 12.1 Å². The number of hydrogen-bond acceptors (Lipinski definition) is 3. The normalized spacial score (nSPS) is 11.8. The summed E-state index contributed by atoms with van der Waals surface area (Å²) in [4.78, 5) is 10.5. The lowest BCUT2D eigenvalue weighted by Gasteiger charge is -2.16. The molecule has 0 saturated heterocycles. The summed E-state index contributed by atoms with van der Waals surface area (Å²) in [6.07, 6.45) is -3.46. The van der Waals surface area contributed by atoms with Crippen molar-refractivity contribution in [3.63, 3.8) is 0 Å². The zero-order valence-electron chi connectivity index (χ0n) is 16.8. The van der Waals surface area contributed by atoms with E-state index in [9.17, 15) is 31.5 Å². The van der Waals surface area contributed by atoms with Crippen LogP contribution in [-0.2, 0) is 29.0 Å². The zero-order valence-corrected chi connectivity index (χ0v) is 17.6. The minimum absolute atomic E-state index is 0.177. The molecule has 0 aliphatic heterocycles. The van der Waals surface area contributed by atoms with Gasteiger partial charge in [-0.15, -0.1) is 0 Å². The number of alkyl halides is 3. The van der Waals surface area contributed by atoms with Gasteiger partial charge in [-0.25, -0.2) is 13.2 Å². The Morgan fingerprint density at radius 1 is 0.844 bits per heavy atom. The summed E-state index contributed by atoms with van der Waals surface area (Å²) in [7, 11) is -4.49. The molecule has 0 heterocycles. The highest BCUT2D eigenvalue weighted by Crippen LogP contribution is 2.35. The minimum Gasteiger partial charge on any atom is -0.478 e. The van der Waals surface area contributed by atoms with E-state index in [0.717, 1.165) is 18.2 Å². The molecule has 168 valence electrons. The first-order chi connectivity index (χ1) is 15.1. The van der Waals surface area contributed by atoms with Crippen LogP contribution < -0.4 is 4.72 Å². The van der Waals surface area contributed by atoms with Gasteiger partial charge in [0.1, 0.15) is 0 Å². The largest absolute Gasteiger partial charge is 0.478 e. The Balaban J connectivity index is 1.80. The molecule has 2 N–H and O–H groups in total. The molecule has 0 unspecified atom stereocenters. The fourth-order valence-electron chi connectivity index (χ4n) is 3.39. The van der Waals surface area contributed by atoms with Crippen molar-refractivity contribution < 1.29 is 31.5 Å². The fourth-order valence-corrected chi connectivity index (χ4v) is 4.72. The van der Waals surface area contributed by atoms with Crippen LogP contribution in [0.3, 0.4) is 0 Å². The predicted octanol–water partition coefficient (Wildman–Crippen LogP) is 5.38. The molecule has 3 aromatic rings. The van der Waals surface area contributed by atoms with Crippen molar-refractivity contribution >= 4 is 21.7 Å². The van der Waals surface area contributed by atoms with E-state index in [1.54, 1.807) is 36.4 Å². The van der Waals surface area contributed by atoms with Gasteiger partial charge in [0.15, 0.2) is 0 Å². The van der Waals surface area contributed by atoms with Crippen LogP contribution in [0.15, 0.2) is 77.7 Å². The van der Waals surface area contributed by atoms with E-state index in [4.69, 9.17) is 0 Å². The van der Waals surface area contributed by atoms with Crippen LogP contribution in [0.5, 0.6) is 0 Å². The highest BCUT2D eigenvalue weighted by atomic mass is 32.2. The number of hydrogen-bond donors (Lipinski definition) is 2. The molecule has 0 atom stereocenters. The number of sulfonamides is 1. The summed E-state index contributed by atoms with van der Waals surface area (Å²) in [5, 5.41) is 9.28. The van der Waals surface area contributed by atoms with Crippen molar-refractivity contribution in [2.24, 2.45) is 0 Å². The molecule has 0 saturated carbocycles. The first-order valence-corrected chi connectivity index (χ1v) is 11.2. The van der Waals surface area contributed by atoms with Gasteiger partial charge in [0.05, 0.1) is 21.7 Å². The third-order valence-corrected chi connectivity index (χ3v) is 6.31. The van der Waals surface area contributed by atoms with E-state index in [2.05, 4.69) is 4.72 Å². The molecule has 0 amide bonds.